The summed E-state index contributed by atoms with van der Waals surface area (Å²) in [5.74, 6) is 0. The normalized spacial score (nSPS) is 15.0. The molecule has 0 saturated carbocycles. The maximum atomic E-state index is 11.0. The van der Waals surface area contributed by atoms with Gasteiger partial charge >= 0.3 is 5.69 Å². The second-order valence-electron chi connectivity index (χ2n) is 5.95. The van der Waals surface area contributed by atoms with Crippen molar-refractivity contribution in [1.82, 2.24) is 4.98 Å². The molecule has 2 aromatic rings. The fraction of sp³-hybridized carbons (Fsp3) is 0.389. The van der Waals surface area contributed by atoms with Gasteiger partial charge in [-0.15, -0.1) is 0 Å². The molecule has 0 spiro atoms. The number of hydrogen-bond acceptors (Lipinski definition) is 6. The van der Waals surface area contributed by atoms with Crippen LogP contribution >= 0.6 is 0 Å². The molecule has 1 aliphatic rings. The van der Waals surface area contributed by atoms with Crippen LogP contribution in [-0.4, -0.2) is 29.2 Å². The summed E-state index contributed by atoms with van der Waals surface area (Å²) in [6, 6.07) is 9.64. The Kier molecular flexibility index (Phi) is 5.92. The number of benzene rings is 1. The van der Waals surface area contributed by atoms with Crippen molar-refractivity contribution in [2.24, 2.45) is 0 Å². The van der Waals surface area contributed by atoms with E-state index in [1.807, 2.05) is 18.2 Å². The number of aromatic nitrogens is 1. The first-order valence-electron chi connectivity index (χ1n) is 8.32. The summed E-state index contributed by atoms with van der Waals surface area (Å²) in [6.45, 7) is 2.59. The van der Waals surface area contributed by atoms with E-state index >= 15 is 0 Å². The number of nitrogens with zero attached hydrogens (tertiary/aromatic N) is 2. The van der Waals surface area contributed by atoms with E-state index in [2.05, 4.69) is 16.4 Å². The highest BCUT2D eigenvalue weighted by Gasteiger charge is 2.14. The molecule has 1 aliphatic heterocycles. The molecule has 132 valence electrons. The smallest absolute Gasteiger partial charge is 0.310 e. The number of nitro groups is 1. The Balaban J connectivity index is 1.57. The molecule has 3 rings (SSSR count). The van der Waals surface area contributed by atoms with Crippen LogP contribution in [0, 0.1) is 10.1 Å². The van der Waals surface area contributed by atoms with Gasteiger partial charge in [-0.25, -0.2) is 0 Å². The predicted molar refractivity (Wildman–Crippen MR) is 93.3 cm³/mol. The lowest BCUT2D eigenvalue weighted by atomic mass is 10.1. The molecule has 1 fully saturated rings. The van der Waals surface area contributed by atoms with Crippen LogP contribution in [0.25, 0.3) is 0 Å². The van der Waals surface area contributed by atoms with Crippen molar-refractivity contribution >= 4 is 11.4 Å². The third-order valence-electron chi connectivity index (χ3n) is 4.13. The minimum Gasteiger partial charge on any atom is -0.381 e. The summed E-state index contributed by atoms with van der Waals surface area (Å²) in [6.07, 6.45) is 4.92. The Morgan fingerprint density at radius 1 is 1.28 bits per heavy atom. The molecule has 7 nitrogen and oxygen atoms in total. The maximum absolute atomic E-state index is 11.0. The van der Waals surface area contributed by atoms with E-state index in [9.17, 15) is 10.1 Å². The number of nitrogens with one attached hydrogen (secondary N) is 1. The molecule has 25 heavy (non-hydrogen) atoms. The maximum Gasteiger partial charge on any atom is 0.310 e. The van der Waals surface area contributed by atoms with E-state index in [-0.39, 0.29) is 11.8 Å². The van der Waals surface area contributed by atoms with Crippen molar-refractivity contribution in [1.29, 1.82) is 0 Å². The lowest BCUT2D eigenvalue weighted by Gasteiger charge is -2.22. The standard InChI is InChI=1S/C18H21N3O4/c22-21(23)18-12-19-7-4-17(18)20-11-14-2-1-3-15(10-14)13-25-16-5-8-24-9-6-16/h1-4,7,10,12,16H,5-6,8-9,11,13H2,(H,19,20). The largest absolute Gasteiger partial charge is 0.381 e. The summed E-state index contributed by atoms with van der Waals surface area (Å²) in [5.41, 5.74) is 2.57. The van der Waals surface area contributed by atoms with Gasteiger partial charge in [0.15, 0.2) is 0 Å². The van der Waals surface area contributed by atoms with Crippen molar-refractivity contribution in [2.75, 3.05) is 18.5 Å². The second kappa shape index (κ2) is 8.55. The SMILES string of the molecule is O=[N+]([O-])c1cnccc1NCc1cccc(COC2CCOCC2)c1. The zero-order valence-corrected chi connectivity index (χ0v) is 13.9. The molecule has 0 aliphatic carbocycles. The van der Waals surface area contributed by atoms with Crippen LogP contribution in [0.5, 0.6) is 0 Å². The summed E-state index contributed by atoms with van der Waals surface area (Å²) < 4.78 is 11.3. The van der Waals surface area contributed by atoms with E-state index in [0.29, 0.717) is 18.8 Å². The Morgan fingerprint density at radius 2 is 2.08 bits per heavy atom. The van der Waals surface area contributed by atoms with Crippen molar-refractivity contribution in [2.45, 2.75) is 32.1 Å². The van der Waals surface area contributed by atoms with Gasteiger partial charge in [-0.05, 0) is 30.0 Å². The number of rotatable bonds is 7. The van der Waals surface area contributed by atoms with Gasteiger partial charge in [0.1, 0.15) is 11.9 Å². The molecule has 1 N–H and O–H groups in total. The van der Waals surface area contributed by atoms with Crippen LogP contribution in [0.15, 0.2) is 42.7 Å². The first-order chi connectivity index (χ1) is 12.2. The monoisotopic (exact) mass is 343 g/mol. The van der Waals surface area contributed by atoms with Crippen molar-refractivity contribution in [3.8, 4) is 0 Å². The van der Waals surface area contributed by atoms with Gasteiger partial charge in [0.05, 0.1) is 17.6 Å². The van der Waals surface area contributed by atoms with Crippen LogP contribution in [0.1, 0.15) is 24.0 Å². The summed E-state index contributed by atoms with van der Waals surface area (Å²) in [5, 5.41) is 14.1. The Morgan fingerprint density at radius 3 is 2.88 bits per heavy atom. The van der Waals surface area contributed by atoms with Gasteiger partial charge in [-0.3, -0.25) is 15.1 Å². The molecular weight excluding hydrogens is 322 g/mol. The fourth-order valence-corrected chi connectivity index (χ4v) is 2.76. The molecule has 0 bridgehead atoms. The highest BCUT2D eigenvalue weighted by molar-refractivity contribution is 5.59. The molecule has 1 saturated heterocycles. The zero-order chi connectivity index (χ0) is 17.5. The first kappa shape index (κ1) is 17.3. The molecule has 0 amide bonds. The molecule has 0 atom stereocenters. The highest BCUT2D eigenvalue weighted by Crippen LogP contribution is 2.22. The zero-order valence-electron chi connectivity index (χ0n) is 13.9. The third-order valence-corrected chi connectivity index (χ3v) is 4.13. The Hall–Kier alpha value is -2.51. The number of pyridine rings is 1. The molecule has 0 unspecified atom stereocenters. The van der Waals surface area contributed by atoms with Crippen LogP contribution in [0.3, 0.4) is 0 Å². The number of anilines is 1. The van der Waals surface area contributed by atoms with Crippen LogP contribution in [-0.2, 0) is 22.6 Å². The van der Waals surface area contributed by atoms with E-state index in [0.717, 1.165) is 37.2 Å². The highest BCUT2D eigenvalue weighted by atomic mass is 16.6. The Bertz CT molecular complexity index is 717. The quantitative estimate of drug-likeness (QED) is 0.613. The predicted octanol–water partition coefficient (Wildman–Crippen LogP) is 3.30. The first-order valence-corrected chi connectivity index (χ1v) is 8.32. The van der Waals surface area contributed by atoms with Gasteiger partial charge in [0.2, 0.25) is 0 Å². The van der Waals surface area contributed by atoms with Gasteiger partial charge in [0, 0.05) is 26.0 Å². The lowest BCUT2D eigenvalue weighted by Crippen LogP contribution is -2.23. The second-order valence-corrected chi connectivity index (χ2v) is 5.95. The van der Waals surface area contributed by atoms with Crippen LogP contribution < -0.4 is 5.32 Å². The fourth-order valence-electron chi connectivity index (χ4n) is 2.76. The van der Waals surface area contributed by atoms with Gasteiger partial charge < -0.3 is 14.8 Å². The topological polar surface area (TPSA) is 86.5 Å². The van der Waals surface area contributed by atoms with E-state index in [4.69, 9.17) is 9.47 Å². The van der Waals surface area contributed by atoms with Crippen molar-refractivity contribution < 1.29 is 14.4 Å². The molecule has 0 radical (unpaired) electrons. The molecule has 2 heterocycles. The summed E-state index contributed by atoms with van der Waals surface area (Å²) >= 11 is 0. The van der Waals surface area contributed by atoms with Gasteiger partial charge in [-0.1, -0.05) is 24.3 Å². The van der Waals surface area contributed by atoms with E-state index in [1.165, 1.54) is 12.4 Å². The number of hydrogen-bond donors (Lipinski definition) is 1. The summed E-state index contributed by atoms with van der Waals surface area (Å²) in [7, 11) is 0. The Labute approximate surface area is 146 Å². The minimum absolute atomic E-state index is 0.0264. The number of ether oxygens (including phenoxy) is 2. The van der Waals surface area contributed by atoms with E-state index in [1.54, 1.807) is 6.07 Å². The average molecular weight is 343 g/mol. The molecule has 1 aromatic heterocycles. The van der Waals surface area contributed by atoms with Gasteiger partial charge in [0.25, 0.3) is 0 Å². The average Bonchev–Trinajstić information content (AvgIpc) is 2.66. The third kappa shape index (κ3) is 4.98. The van der Waals surface area contributed by atoms with E-state index < -0.39 is 4.92 Å². The molecular formula is C18H21N3O4. The summed E-state index contributed by atoms with van der Waals surface area (Å²) in [4.78, 5) is 14.4. The van der Waals surface area contributed by atoms with Crippen molar-refractivity contribution in [3.05, 3.63) is 64.0 Å². The van der Waals surface area contributed by atoms with Crippen LogP contribution in [0.2, 0.25) is 0 Å². The molecule has 7 heteroatoms. The molecule has 1 aromatic carbocycles. The minimum atomic E-state index is -0.437. The van der Waals surface area contributed by atoms with Crippen LogP contribution in [0.4, 0.5) is 11.4 Å². The van der Waals surface area contributed by atoms with Gasteiger partial charge in [-0.2, -0.15) is 0 Å². The van der Waals surface area contributed by atoms with Crippen molar-refractivity contribution in [3.63, 3.8) is 0 Å². The lowest BCUT2D eigenvalue weighted by molar-refractivity contribution is -0.384.